The van der Waals surface area contributed by atoms with Gasteiger partial charge in [0, 0.05) is 24.1 Å². The lowest BCUT2D eigenvalue weighted by atomic mass is 10.1. The van der Waals surface area contributed by atoms with Crippen LogP contribution in [0.25, 0.3) is 0 Å². The Hall–Kier alpha value is -1.36. The molecule has 2 rings (SSSR count). The molecule has 0 bridgehead atoms. The van der Waals surface area contributed by atoms with Crippen molar-refractivity contribution in [1.29, 1.82) is 0 Å². The first-order valence-electron chi connectivity index (χ1n) is 7.63. The van der Waals surface area contributed by atoms with Crippen molar-refractivity contribution in [3.05, 3.63) is 11.4 Å². The van der Waals surface area contributed by atoms with Gasteiger partial charge in [-0.2, -0.15) is 0 Å². The van der Waals surface area contributed by atoms with Gasteiger partial charge in [-0.1, -0.05) is 13.8 Å². The Morgan fingerprint density at radius 3 is 2.45 bits per heavy atom. The normalized spacial score (nSPS) is 14.8. The van der Waals surface area contributed by atoms with Crippen molar-refractivity contribution in [2.75, 3.05) is 23.8 Å². The lowest BCUT2D eigenvalue weighted by Gasteiger charge is -2.32. The Bertz CT molecular complexity index is 455. The first-order valence-corrected chi connectivity index (χ1v) is 7.63. The van der Waals surface area contributed by atoms with Gasteiger partial charge in [0.2, 0.25) is 0 Å². The molecule has 0 aliphatic heterocycles. The number of hydrogen-bond donors (Lipinski definition) is 2. The highest BCUT2D eigenvalue weighted by Crippen LogP contribution is 2.40. The smallest absolute Gasteiger partial charge is 0.137 e. The van der Waals surface area contributed by atoms with Crippen LogP contribution in [0.3, 0.4) is 0 Å². The third kappa shape index (κ3) is 3.03. The molecule has 112 valence electrons. The fourth-order valence-electron chi connectivity index (χ4n) is 2.64. The molecule has 1 aliphatic rings. The lowest BCUT2D eigenvalue weighted by molar-refractivity contribution is 0.295. The second kappa shape index (κ2) is 6.39. The van der Waals surface area contributed by atoms with Crippen molar-refractivity contribution in [2.45, 2.75) is 58.4 Å². The molecular weight excluding hydrogens is 252 g/mol. The van der Waals surface area contributed by atoms with E-state index in [9.17, 15) is 5.11 Å². The van der Waals surface area contributed by atoms with Gasteiger partial charge in [-0.05, 0) is 32.6 Å². The zero-order valence-electron chi connectivity index (χ0n) is 12.8. The van der Waals surface area contributed by atoms with Gasteiger partial charge < -0.3 is 15.7 Å². The zero-order valence-corrected chi connectivity index (χ0v) is 12.8. The zero-order chi connectivity index (χ0) is 14.7. The molecule has 1 fully saturated rings. The second-order valence-electron chi connectivity index (χ2n) is 5.58. The van der Waals surface area contributed by atoms with Gasteiger partial charge in [-0.15, -0.1) is 0 Å². The predicted octanol–water partition coefficient (Wildman–Crippen LogP) is 2.23. The first-order chi connectivity index (χ1) is 9.62. The summed E-state index contributed by atoms with van der Waals surface area (Å²) in [6, 6.07) is 0.377. The van der Waals surface area contributed by atoms with Crippen LogP contribution in [0.2, 0.25) is 0 Å². The van der Waals surface area contributed by atoms with Crippen LogP contribution in [0.4, 0.5) is 11.6 Å². The SMILES string of the molecule is CCC(CC)N(CCO)c1nc(C2CC2)nc(N)c1C. The third-order valence-corrected chi connectivity index (χ3v) is 4.11. The maximum absolute atomic E-state index is 9.37. The predicted molar refractivity (Wildman–Crippen MR) is 82.0 cm³/mol. The van der Waals surface area contributed by atoms with Crippen LogP contribution in [-0.2, 0) is 0 Å². The van der Waals surface area contributed by atoms with Gasteiger partial charge in [-0.3, -0.25) is 0 Å². The van der Waals surface area contributed by atoms with E-state index < -0.39 is 0 Å². The Kier molecular flexibility index (Phi) is 4.81. The van der Waals surface area contributed by atoms with Gasteiger partial charge in [0.1, 0.15) is 17.5 Å². The fourth-order valence-corrected chi connectivity index (χ4v) is 2.64. The van der Waals surface area contributed by atoms with Crippen LogP contribution in [0.1, 0.15) is 56.8 Å². The topological polar surface area (TPSA) is 75.3 Å². The summed E-state index contributed by atoms with van der Waals surface area (Å²) in [5.41, 5.74) is 6.99. The van der Waals surface area contributed by atoms with E-state index in [-0.39, 0.29) is 6.61 Å². The molecule has 0 saturated heterocycles. The van der Waals surface area contributed by atoms with E-state index in [0.29, 0.717) is 24.3 Å². The lowest BCUT2D eigenvalue weighted by Crippen LogP contribution is -2.38. The quantitative estimate of drug-likeness (QED) is 0.800. The van der Waals surface area contributed by atoms with E-state index in [2.05, 4.69) is 23.7 Å². The maximum Gasteiger partial charge on any atom is 0.137 e. The summed E-state index contributed by atoms with van der Waals surface area (Å²) >= 11 is 0. The summed E-state index contributed by atoms with van der Waals surface area (Å²) in [5, 5.41) is 9.37. The summed E-state index contributed by atoms with van der Waals surface area (Å²) in [7, 11) is 0. The van der Waals surface area contributed by atoms with Crippen molar-refractivity contribution in [3.8, 4) is 0 Å². The number of aliphatic hydroxyl groups excluding tert-OH is 1. The van der Waals surface area contributed by atoms with Crippen LogP contribution in [0.5, 0.6) is 0 Å². The van der Waals surface area contributed by atoms with Crippen molar-refractivity contribution >= 4 is 11.6 Å². The van der Waals surface area contributed by atoms with E-state index in [4.69, 9.17) is 10.7 Å². The summed E-state index contributed by atoms with van der Waals surface area (Å²) in [5.74, 6) is 2.83. The molecule has 1 aromatic heterocycles. The minimum atomic E-state index is 0.124. The van der Waals surface area contributed by atoms with E-state index in [1.807, 2.05) is 6.92 Å². The molecule has 0 radical (unpaired) electrons. The summed E-state index contributed by atoms with van der Waals surface area (Å²) in [6.45, 7) is 7.01. The highest BCUT2D eigenvalue weighted by Gasteiger charge is 2.29. The summed E-state index contributed by atoms with van der Waals surface area (Å²) in [4.78, 5) is 11.4. The number of aromatic nitrogens is 2. The fraction of sp³-hybridized carbons (Fsp3) is 0.733. The number of nitrogen functional groups attached to an aromatic ring is 1. The van der Waals surface area contributed by atoms with Crippen molar-refractivity contribution in [3.63, 3.8) is 0 Å². The van der Waals surface area contributed by atoms with Crippen molar-refractivity contribution in [2.24, 2.45) is 0 Å². The molecule has 0 aromatic carbocycles. The van der Waals surface area contributed by atoms with Gasteiger partial charge in [-0.25, -0.2) is 9.97 Å². The average molecular weight is 278 g/mol. The van der Waals surface area contributed by atoms with E-state index in [1.54, 1.807) is 0 Å². The Balaban J connectivity index is 2.40. The Morgan fingerprint density at radius 2 is 1.95 bits per heavy atom. The summed E-state index contributed by atoms with van der Waals surface area (Å²) < 4.78 is 0. The van der Waals surface area contributed by atoms with E-state index >= 15 is 0 Å². The number of nitrogens with two attached hydrogens (primary N) is 1. The largest absolute Gasteiger partial charge is 0.395 e. The molecule has 1 saturated carbocycles. The van der Waals surface area contributed by atoms with Crippen LogP contribution in [-0.4, -0.2) is 34.3 Å². The maximum atomic E-state index is 9.37. The standard InChI is InChI=1S/C15H26N4O/c1-4-12(5-2)19(8-9-20)15-10(3)13(16)17-14(18-15)11-6-7-11/h11-12,20H,4-9H2,1-3H3,(H2,16,17,18). The minimum Gasteiger partial charge on any atom is -0.395 e. The van der Waals surface area contributed by atoms with E-state index in [0.717, 1.165) is 42.9 Å². The number of nitrogens with zero attached hydrogens (tertiary/aromatic N) is 3. The van der Waals surface area contributed by atoms with Crippen LogP contribution in [0.15, 0.2) is 0 Å². The van der Waals surface area contributed by atoms with Gasteiger partial charge in [0.05, 0.1) is 6.61 Å². The van der Waals surface area contributed by atoms with Crippen LogP contribution >= 0.6 is 0 Å². The van der Waals surface area contributed by atoms with Gasteiger partial charge >= 0.3 is 0 Å². The van der Waals surface area contributed by atoms with Gasteiger partial charge in [0.25, 0.3) is 0 Å². The minimum absolute atomic E-state index is 0.124. The second-order valence-corrected chi connectivity index (χ2v) is 5.58. The molecule has 5 nitrogen and oxygen atoms in total. The molecule has 0 spiro atoms. The van der Waals surface area contributed by atoms with Crippen molar-refractivity contribution < 1.29 is 5.11 Å². The van der Waals surface area contributed by atoms with E-state index in [1.165, 1.54) is 0 Å². The molecule has 5 heteroatoms. The monoisotopic (exact) mass is 278 g/mol. The molecule has 20 heavy (non-hydrogen) atoms. The molecule has 0 atom stereocenters. The molecule has 0 amide bonds. The highest BCUT2D eigenvalue weighted by molar-refractivity contribution is 5.57. The molecule has 1 aliphatic carbocycles. The molecule has 3 N–H and O–H groups in total. The third-order valence-electron chi connectivity index (χ3n) is 4.11. The molecule has 1 heterocycles. The number of hydrogen-bond acceptors (Lipinski definition) is 5. The number of aliphatic hydroxyl groups is 1. The molecule has 1 aromatic rings. The highest BCUT2D eigenvalue weighted by atomic mass is 16.3. The van der Waals surface area contributed by atoms with Gasteiger partial charge in [0.15, 0.2) is 0 Å². The Morgan fingerprint density at radius 1 is 1.30 bits per heavy atom. The number of anilines is 2. The molecule has 0 unspecified atom stereocenters. The van der Waals surface area contributed by atoms with Crippen LogP contribution in [0, 0.1) is 6.92 Å². The Labute approximate surface area is 121 Å². The average Bonchev–Trinajstić information content (AvgIpc) is 3.27. The van der Waals surface area contributed by atoms with Crippen molar-refractivity contribution in [1.82, 2.24) is 9.97 Å². The summed E-state index contributed by atoms with van der Waals surface area (Å²) in [6.07, 6.45) is 4.37. The molecular formula is C15H26N4O. The first kappa shape index (κ1) is 15.0. The van der Waals surface area contributed by atoms with Crippen LogP contribution < -0.4 is 10.6 Å². The number of rotatable bonds is 7.